The van der Waals surface area contributed by atoms with Gasteiger partial charge in [-0.1, -0.05) is 20.8 Å². The molecule has 20 heavy (non-hydrogen) atoms. The van der Waals surface area contributed by atoms with Crippen molar-refractivity contribution >= 4 is 11.9 Å². The molecule has 7 heteroatoms. The number of nitrogens with one attached hydrogen (secondary N) is 1. The van der Waals surface area contributed by atoms with Gasteiger partial charge in [0.2, 0.25) is 0 Å². The summed E-state index contributed by atoms with van der Waals surface area (Å²) in [6.07, 6.45) is 1.72. The fourth-order valence-corrected chi connectivity index (χ4v) is 1.37. The molecular weight excluding hydrogens is 264 g/mol. The van der Waals surface area contributed by atoms with Crippen LogP contribution in [-0.2, 0) is 9.59 Å². The van der Waals surface area contributed by atoms with Crippen molar-refractivity contribution in [2.75, 3.05) is 13.2 Å². The minimum Gasteiger partial charge on any atom is -0.480 e. The van der Waals surface area contributed by atoms with Crippen molar-refractivity contribution in [3.63, 3.8) is 0 Å². The lowest BCUT2D eigenvalue weighted by Crippen LogP contribution is -2.37. The number of hydrogen-bond acceptors (Lipinski definition) is 5. The van der Waals surface area contributed by atoms with Gasteiger partial charge >= 0.3 is 11.9 Å². The second-order valence-corrected chi connectivity index (χ2v) is 4.93. The van der Waals surface area contributed by atoms with Crippen molar-refractivity contribution in [3.05, 3.63) is 0 Å². The Morgan fingerprint density at radius 1 is 1.20 bits per heavy atom. The highest BCUT2D eigenvalue weighted by Gasteiger charge is 2.14. The molecule has 7 nitrogen and oxygen atoms in total. The summed E-state index contributed by atoms with van der Waals surface area (Å²) in [6, 6.07) is -1.29. The molecule has 0 aliphatic heterocycles. The molecule has 0 aliphatic carbocycles. The predicted molar refractivity (Wildman–Crippen MR) is 76.5 cm³/mol. The first-order valence-corrected chi connectivity index (χ1v) is 6.81. The van der Waals surface area contributed by atoms with E-state index in [2.05, 4.69) is 5.32 Å². The third-order valence-corrected chi connectivity index (χ3v) is 2.40. The number of nitrogens with two attached hydrogens (primary N) is 1. The molecule has 0 aromatic carbocycles. The second kappa shape index (κ2) is 12.8. The molecule has 0 unspecified atom stereocenters. The maximum atomic E-state index is 10.4. The fraction of sp³-hybridized carbons (Fsp3) is 0.846. The monoisotopic (exact) mass is 292 g/mol. The Bertz CT molecular complexity index is 271. The molecule has 0 radical (unpaired) electrons. The number of carboxylic acid groups (broad SMARTS) is 2. The number of aliphatic hydroxyl groups is 1. The molecule has 0 spiro atoms. The van der Waals surface area contributed by atoms with Crippen LogP contribution >= 0.6 is 0 Å². The van der Waals surface area contributed by atoms with Crippen LogP contribution in [0.25, 0.3) is 0 Å². The average molecular weight is 292 g/mol. The van der Waals surface area contributed by atoms with Crippen molar-refractivity contribution in [3.8, 4) is 0 Å². The molecule has 0 saturated carbocycles. The lowest BCUT2D eigenvalue weighted by molar-refractivity contribution is -0.140. The van der Waals surface area contributed by atoms with Crippen molar-refractivity contribution in [2.24, 2.45) is 11.7 Å². The van der Waals surface area contributed by atoms with Gasteiger partial charge in [0.05, 0.1) is 0 Å². The standard InChI is InChI=1S/C7H15NO3.C6H13NO2/c1-2-4-8-6(3-5-9)7(10)11;1-4(2)3-5(7)6(8)9/h6,8-9H,2-5H2,1H3,(H,10,11);4-5H,3,7H2,1-2H3,(H,8,9)/t6-;5-/m00/s1. The van der Waals surface area contributed by atoms with Gasteiger partial charge in [0.15, 0.2) is 0 Å². The zero-order valence-corrected chi connectivity index (χ0v) is 12.5. The summed E-state index contributed by atoms with van der Waals surface area (Å²) < 4.78 is 0. The van der Waals surface area contributed by atoms with E-state index < -0.39 is 24.0 Å². The summed E-state index contributed by atoms with van der Waals surface area (Å²) in [5.74, 6) is -1.45. The zero-order chi connectivity index (χ0) is 16.1. The summed E-state index contributed by atoms with van der Waals surface area (Å²) in [7, 11) is 0. The highest BCUT2D eigenvalue weighted by Crippen LogP contribution is 2.01. The molecule has 0 aromatic rings. The Hall–Kier alpha value is -1.18. The Labute approximate surface area is 120 Å². The number of carboxylic acids is 2. The van der Waals surface area contributed by atoms with Crippen LogP contribution in [-0.4, -0.2) is 52.5 Å². The Morgan fingerprint density at radius 2 is 1.75 bits per heavy atom. The number of aliphatic carboxylic acids is 2. The lowest BCUT2D eigenvalue weighted by Gasteiger charge is -2.11. The lowest BCUT2D eigenvalue weighted by atomic mass is 10.1. The molecule has 0 heterocycles. The molecule has 0 aliphatic rings. The topological polar surface area (TPSA) is 133 Å². The van der Waals surface area contributed by atoms with Gasteiger partial charge in [-0.05, 0) is 31.7 Å². The van der Waals surface area contributed by atoms with Crippen molar-refractivity contribution in [1.82, 2.24) is 5.32 Å². The minimum atomic E-state index is -0.913. The molecule has 6 N–H and O–H groups in total. The van der Waals surface area contributed by atoms with Gasteiger partial charge in [-0.15, -0.1) is 0 Å². The largest absolute Gasteiger partial charge is 0.480 e. The Balaban J connectivity index is 0. The van der Waals surface area contributed by atoms with E-state index in [1.54, 1.807) is 0 Å². The summed E-state index contributed by atoms with van der Waals surface area (Å²) in [5.41, 5.74) is 5.22. The van der Waals surface area contributed by atoms with Gasteiger partial charge in [0, 0.05) is 6.61 Å². The van der Waals surface area contributed by atoms with Crippen LogP contribution in [0.15, 0.2) is 0 Å². The van der Waals surface area contributed by atoms with Crippen LogP contribution in [0.2, 0.25) is 0 Å². The fourth-order valence-electron chi connectivity index (χ4n) is 1.37. The molecule has 0 aromatic heterocycles. The summed E-state index contributed by atoms with van der Waals surface area (Å²) in [6.45, 7) is 6.45. The maximum absolute atomic E-state index is 10.4. The van der Waals surface area contributed by atoms with Crippen LogP contribution in [0, 0.1) is 5.92 Å². The van der Waals surface area contributed by atoms with Gasteiger partial charge in [0.1, 0.15) is 12.1 Å². The molecule has 120 valence electrons. The number of rotatable bonds is 9. The molecule has 0 amide bonds. The molecule has 0 fully saturated rings. The van der Waals surface area contributed by atoms with E-state index in [0.717, 1.165) is 6.42 Å². The van der Waals surface area contributed by atoms with Gasteiger partial charge in [-0.3, -0.25) is 9.59 Å². The number of aliphatic hydroxyl groups excluding tert-OH is 1. The average Bonchev–Trinajstić information content (AvgIpc) is 2.34. The number of hydrogen-bond donors (Lipinski definition) is 5. The van der Waals surface area contributed by atoms with Crippen molar-refractivity contribution in [1.29, 1.82) is 0 Å². The van der Waals surface area contributed by atoms with Gasteiger partial charge < -0.3 is 26.4 Å². The summed E-state index contributed by atoms with van der Waals surface area (Å²) >= 11 is 0. The third-order valence-electron chi connectivity index (χ3n) is 2.40. The van der Waals surface area contributed by atoms with Crippen LogP contribution in [0.1, 0.15) is 40.0 Å². The van der Waals surface area contributed by atoms with Crippen LogP contribution in [0.3, 0.4) is 0 Å². The van der Waals surface area contributed by atoms with E-state index >= 15 is 0 Å². The maximum Gasteiger partial charge on any atom is 0.320 e. The summed E-state index contributed by atoms with van der Waals surface area (Å²) in [4.78, 5) is 20.5. The minimum absolute atomic E-state index is 0.0896. The van der Waals surface area contributed by atoms with Crippen molar-refractivity contribution in [2.45, 2.75) is 52.1 Å². The highest BCUT2D eigenvalue weighted by atomic mass is 16.4. The van der Waals surface area contributed by atoms with Crippen LogP contribution in [0.4, 0.5) is 0 Å². The van der Waals surface area contributed by atoms with E-state index in [9.17, 15) is 9.59 Å². The molecule has 0 bridgehead atoms. The Morgan fingerprint density at radius 3 is 2.00 bits per heavy atom. The number of carbonyl (C=O) groups is 2. The van der Waals surface area contributed by atoms with Crippen LogP contribution < -0.4 is 11.1 Å². The van der Waals surface area contributed by atoms with Crippen molar-refractivity contribution < 1.29 is 24.9 Å². The highest BCUT2D eigenvalue weighted by molar-refractivity contribution is 5.73. The third kappa shape index (κ3) is 13.3. The van der Waals surface area contributed by atoms with E-state index in [4.69, 9.17) is 21.1 Å². The van der Waals surface area contributed by atoms with Gasteiger partial charge in [-0.2, -0.15) is 0 Å². The quantitative estimate of drug-likeness (QED) is 0.412. The van der Waals surface area contributed by atoms with E-state index in [0.29, 0.717) is 18.9 Å². The first-order valence-electron chi connectivity index (χ1n) is 6.81. The Kier molecular flexibility index (Phi) is 13.6. The van der Waals surface area contributed by atoms with E-state index in [-0.39, 0.29) is 13.0 Å². The zero-order valence-electron chi connectivity index (χ0n) is 12.5. The van der Waals surface area contributed by atoms with E-state index in [1.807, 2.05) is 20.8 Å². The first kappa shape index (κ1) is 21.1. The van der Waals surface area contributed by atoms with Gasteiger partial charge in [0.25, 0.3) is 0 Å². The summed E-state index contributed by atoms with van der Waals surface area (Å²) in [5, 5.41) is 28.2. The van der Waals surface area contributed by atoms with Gasteiger partial charge in [-0.25, -0.2) is 0 Å². The normalized spacial score (nSPS) is 13.3. The first-order chi connectivity index (χ1) is 9.26. The molecule has 0 rings (SSSR count). The molecule has 0 saturated heterocycles. The predicted octanol–water partition coefficient (Wildman–Crippen LogP) is 0.266. The molecule has 2 atom stereocenters. The van der Waals surface area contributed by atoms with Crippen LogP contribution in [0.5, 0.6) is 0 Å². The second-order valence-electron chi connectivity index (χ2n) is 4.93. The SMILES string of the molecule is CC(C)C[C@H](N)C(=O)O.CCCN[C@@H](CCO)C(=O)O. The molecular formula is C13H28N2O5. The smallest absolute Gasteiger partial charge is 0.320 e. The van der Waals surface area contributed by atoms with E-state index in [1.165, 1.54) is 0 Å².